The fourth-order valence-corrected chi connectivity index (χ4v) is 2.51. The Kier molecular flexibility index (Phi) is 4.61. The first-order valence-electron chi connectivity index (χ1n) is 7.00. The minimum absolute atomic E-state index is 0.0210. The second kappa shape index (κ2) is 6.41. The number of carbonyl (C=O) groups is 2. The van der Waals surface area contributed by atoms with Gasteiger partial charge in [-0.1, -0.05) is 6.07 Å². The highest BCUT2D eigenvalue weighted by atomic mass is 16.4. The Morgan fingerprint density at radius 2 is 2.20 bits per heavy atom. The number of carbonyl (C=O) groups excluding carboxylic acids is 1. The third kappa shape index (κ3) is 3.10. The van der Waals surface area contributed by atoms with Crippen LogP contribution in [0.2, 0.25) is 0 Å². The molecule has 108 valence electrons. The summed E-state index contributed by atoms with van der Waals surface area (Å²) in [5, 5.41) is 12.1. The summed E-state index contributed by atoms with van der Waals surface area (Å²) >= 11 is 0. The van der Waals surface area contributed by atoms with Gasteiger partial charge in [0.05, 0.1) is 6.42 Å². The summed E-state index contributed by atoms with van der Waals surface area (Å²) in [6.07, 6.45) is 1.88. The van der Waals surface area contributed by atoms with Crippen molar-refractivity contribution < 1.29 is 14.7 Å². The normalized spacial score (nSPS) is 13.2. The molecule has 1 heterocycles. The van der Waals surface area contributed by atoms with E-state index in [1.165, 1.54) is 0 Å². The van der Waals surface area contributed by atoms with Crippen LogP contribution in [-0.2, 0) is 11.2 Å². The number of anilines is 1. The average Bonchev–Trinajstić information content (AvgIpc) is 2.46. The van der Waals surface area contributed by atoms with Crippen LogP contribution in [0.5, 0.6) is 0 Å². The fourth-order valence-electron chi connectivity index (χ4n) is 2.51. The molecule has 5 heteroatoms. The van der Waals surface area contributed by atoms with E-state index < -0.39 is 5.97 Å². The van der Waals surface area contributed by atoms with Crippen molar-refractivity contribution in [1.29, 1.82) is 0 Å². The first kappa shape index (κ1) is 14.4. The highest BCUT2D eigenvalue weighted by Crippen LogP contribution is 2.26. The fraction of sp³-hybridized carbons (Fsp3) is 0.467. The van der Waals surface area contributed by atoms with Crippen molar-refractivity contribution in [2.24, 2.45) is 0 Å². The Hall–Kier alpha value is -2.04. The van der Waals surface area contributed by atoms with Gasteiger partial charge in [-0.15, -0.1) is 0 Å². The number of nitrogens with one attached hydrogen (secondary N) is 1. The lowest BCUT2D eigenvalue weighted by atomic mass is 9.97. The molecule has 1 amide bonds. The van der Waals surface area contributed by atoms with Gasteiger partial charge in [-0.25, -0.2) is 0 Å². The summed E-state index contributed by atoms with van der Waals surface area (Å²) in [5.41, 5.74) is 2.77. The predicted molar refractivity (Wildman–Crippen MR) is 77.1 cm³/mol. The molecule has 20 heavy (non-hydrogen) atoms. The number of nitrogens with zero attached hydrogens (tertiary/aromatic N) is 1. The van der Waals surface area contributed by atoms with Crippen LogP contribution in [0.4, 0.5) is 5.69 Å². The maximum absolute atomic E-state index is 12.6. The molecule has 0 radical (unpaired) electrons. The number of rotatable bonds is 5. The number of aliphatic carboxylic acids is 1. The molecule has 0 fully saturated rings. The number of hydrogen-bond donors (Lipinski definition) is 2. The van der Waals surface area contributed by atoms with Gasteiger partial charge in [0.15, 0.2) is 0 Å². The van der Waals surface area contributed by atoms with Crippen molar-refractivity contribution in [2.45, 2.75) is 26.2 Å². The number of amides is 1. The van der Waals surface area contributed by atoms with E-state index in [2.05, 4.69) is 5.32 Å². The van der Waals surface area contributed by atoms with E-state index in [0.717, 1.165) is 30.6 Å². The third-order valence-electron chi connectivity index (χ3n) is 3.59. The van der Waals surface area contributed by atoms with Crippen molar-refractivity contribution in [1.82, 2.24) is 4.90 Å². The highest BCUT2D eigenvalue weighted by Gasteiger charge is 2.21. The minimum Gasteiger partial charge on any atom is -0.481 e. The Balaban J connectivity index is 2.21. The van der Waals surface area contributed by atoms with E-state index in [9.17, 15) is 9.59 Å². The molecule has 0 spiro atoms. The van der Waals surface area contributed by atoms with Crippen LogP contribution in [0, 0.1) is 0 Å². The van der Waals surface area contributed by atoms with Gasteiger partial charge < -0.3 is 15.3 Å². The van der Waals surface area contributed by atoms with Crippen LogP contribution in [0.1, 0.15) is 35.7 Å². The maximum Gasteiger partial charge on any atom is 0.305 e. The zero-order valence-electron chi connectivity index (χ0n) is 11.7. The second-order valence-electron chi connectivity index (χ2n) is 4.89. The first-order chi connectivity index (χ1) is 9.63. The molecule has 0 atom stereocenters. The average molecular weight is 276 g/mol. The minimum atomic E-state index is -0.881. The van der Waals surface area contributed by atoms with Crippen molar-refractivity contribution in [2.75, 3.05) is 25.0 Å². The molecule has 5 nitrogen and oxygen atoms in total. The SMILES string of the molecule is CCN(CCC(=O)O)C(=O)c1cccc2c1CCCN2. The van der Waals surface area contributed by atoms with Gasteiger partial charge in [0.25, 0.3) is 5.91 Å². The number of benzene rings is 1. The van der Waals surface area contributed by atoms with Crippen LogP contribution in [0.25, 0.3) is 0 Å². The Morgan fingerprint density at radius 3 is 2.90 bits per heavy atom. The zero-order valence-corrected chi connectivity index (χ0v) is 11.7. The smallest absolute Gasteiger partial charge is 0.305 e. The van der Waals surface area contributed by atoms with Gasteiger partial charge in [-0.3, -0.25) is 9.59 Å². The van der Waals surface area contributed by atoms with Crippen LogP contribution >= 0.6 is 0 Å². The molecule has 1 aliphatic heterocycles. The van der Waals surface area contributed by atoms with E-state index >= 15 is 0 Å². The monoisotopic (exact) mass is 276 g/mol. The summed E-state index contributed by atoms with van der Waals surface area (Å²) in [5.74, 6) is -0.956. The lowest BCUT2D eigenvalue weighted by molar-refractivity contribution is -0.137. The number of carboxylic acid groups (broad SMARTS) is 1. The number of carboxylic acids is 1. The van der Waals surface area contributed by atoms with Gasteiger partial charge in [-0.2, -0.15) is 0 Å². The number of hydrogen-bond acceptors (Lipinski definition) is 3. The highest BCUT2D eigenvalue weighted by molar-refractivity contribution is 5.97. The summed E-state index contributed by atoms with van der Waals surface area (Å²) in [4.78, 5) is 24.8. The summed E-state index contributed by atoms with van der Waals surface area (Å²) in [6.45, 7) is 3.57. The molecule has 2 N–H and O–H groups in total. The van der Waals surface area contributed by atoms with E-state index in [-0.39, 0.29) is 18.9 Å². The van der Waals surface area contributed by atoms with Crippen molar-refractivity contribution >= 4 is 17.6 Å². The standard InChI is InChI=1S/C15H20N2O3/c1-2-17(10-8-14(18)19)15(20)12-5-3-7-13-11(12)6-4-9-16-13/h3,5,7,16H,2,4,6,8-10H2,1H3,(H,18,19). The molecule has 1 aliphatic rings. The van der Waals surface area contributed by atoms with Gasteiger partial charge in [0.1, 0.15) is 0 Å². The molecule has 0 aromatic heterocycles. The van der Waals surface area contributed by atoms with Gasteiger partial charge in [-0.05, 0) is 37.5 Å². The molecule has 0 aliphatic carbocycles. The van der Waals surface area contributed by atoms with Crippen molar-refractivity contribution in [3.63, 3.8) is 0 Å². The van der Waals surface area contributed by atoms with Crippen molar-refractivity contribution in [3.05, 3.63) is 29.3 Å². The molecular weight excluding hydrogens is 256 g/mol. The predicted octanol–water partition coefficient (Wildman–Crippen LogP) is 1.98. The molecule has 0 bridgehead atoms. The van der Waals surface area contributed by atoms with Crippen LogP contribution in [0.3, 0.4) is 0 Å². The van der Waals surface area contributed by atoms with Crippen LogP contribution in [0.15, 0.2) is 18.2 Å². The molecule has 0 saturated heterocycles. The maximum atomic E-state index is 12.6. The summed E-state index contributed by atoms with van der Waals surface area (Å²) < 4.78 is 0. The quantitative estimate of drug-likeness (QED) is 0.862. The molecule has 2 rings (SSSR count). The molecule has 0 unspecified atom stereocenters. The Bertz CT molecular complexity index is 514. The van der Waals surface area contributed by atoms with Gasteiger partial charge in [0, 0.05) is 30.9 Å². The Labute approximate surface area is 118 Å². The summed E-state index contributed by atoms with van der Waals surface area (Å²) in [7, 11) is 0. The zero-order chi connectivity index (χ0) is 14.5. The van der Waals surface area contributed by atoms with E-state index in [1.807, 2.05) is 25.1 Å². The van der Waals surface area contributed by atoms with Crippen molar-refractivity contribution in [3.8, 4) is 0 Å². The lowest BCUT2D eigenvalue weighted by Gasteiger charge is -2.25. The van der Waals surface area contributed by atoms with E-state index in [4.69, 9.17) is 5.11 Å². The largest absolute Gasteiger partial charge is 0.481 e. The topological polar surface area (TPSA) is 69.6 Å². The number of fused-ring (bicyclic) bond motifs is 1. The molecule has 0 saturated carbocycles. The third-order valence-corrected chi connectivity index (χ3v) is 3.59. The van der Waals surface area contributed by atoms with E-state index in [0.29, 0.717) is 12.1 Å². The van der Waals surface area contributed by atoms with E-state index in [1.54, 1.807) is 4.90 Å². The molecule has 1 aromatic carbocycles. The molecular formula is C15H20N2O3. The van der Waals surface area contributed by atoms with Crippen LogP contribution in [-0.4, -0.2) is 41.5 Å². The van der Waals surface area contributed by atoms with Crippen LogP contribution < -0.4 is 5.32 Å². The first-order valence-corrected chi connectivity index (χ1v) is 7.00. The van der Waals surface area contributed by atoms with Gasteiger partial charge >= 0.3 is 5.97 Å². The Morgan fingerprint density at radius 1 is 1.40 bits per heavy atom. The second-order valence-corrected chi connectivity index (χ2v) is 4.89. The summed E-state index contributed by atoms with van der Waals surface area (Å²) in [6, 6.07) is 5.69. The molecule has 1 aromatic rings. The lowest BCUT2D eigenvalue weighted by Crippen LogP contribution is -2.34. The van der Waals surface area contributed by atoms with Gasteiger partial charge in [0.2, 0.25) is 0 Å².